The van der Waals surface area contributed by atoms with Gasteiger partial charge in [-0.25, -0.2) is 4.98 Å². The fraction of sp³-hybridized carbons (Fsp3) is 0.250. The molecule has 6 nitrogen and oxygen atoms in total. The molecule has 2 heterocycles. The minimum absolute atomic E-state index is 0.522. The first-order chi connectivity index (χ1) is 6.90. The molecule has 2 aromatic rings. The van der Waals surface area contributed by atoms with Crippen LogP contribution in [0.2, 0.25) is 0 Å². The molecule has 0 spiro atoms. The van der Waals surface area contributed by atoms with Gasteiger partial charge in [-0.05, 0) is 23.9 Å². The quantitative estimate of drug-likeness (QED) is 0.709. The Morgan fingerprint density at radius 1 is 1.36 bits per heavy atom. The Hall–Kier alpha value is -1.82. The average Bonchev–Trinajstić information content (AvgIpc) is 2.68. The largest absolute Gasteiger partial charge is 0.330 e. The summed E-state index contributed by atoms with van der Waals surface area (Å²) in [6, 6.07) is 5.52. The molecule has 6 heteroatoms. The van der Waals surface area contributed by atoms with Crippen LogP contribution in [0.4, 0.5) is 0 Å². The molecule has 0 saturated heterocycles. The number of hydrogen-bond donors (Lipinski definition) is 1. The second kappa shape index (κ2) is 3.93. The van der Waals surface area contributed by atoms with Crippen molar-refractivity contribution in [1.82, 2.24) is 25.2 Å². The molecule has 0 aliphatic carbocycles. The predicted molar refractivity (Wildman–Crippen MR) is 49.7 cm³/mol. The maximum Gasteiger partial charge on any atom is 0.176 e. The molecule has 0 saturated carbocycles. The monoisotopic (exact) mass is 190 g/mol. The van der Waals surface area contributed by atoms with Gasteiger partial charge >= 0.3 is 0 Å². The summed E-state index contributed by atoms with van der Waals surface area (Å²) >= 11 is 0. The molecule has 0 radical (unpaired) electrons. The van der Waals surface area contributed by atoms with Gasteiger partial charge in [0.1, 0.15) is 0 Å². The Kier molecular flexibility index (Phi) is 2.46. The van der Waals surface area contributed by atoms with Crippen LogP contribution in [-0.2, 0) is 6.42 Å². The SMILES string of the molecule is NCCc1nnn(-c2ccccn2)n1. The number of pyridine rings is 1. The molecule has 0 aliphatic rings. The second-order valence-corrected chi connectivity index (χ2v) is 2.72. The fourth-order valence-corrected chi connectivity index (χ4v) is 1.04. The van der Waals surface area contributed by atoms with E-state index in [0.717, 1.165) is 0 Å². The first kappa shape index (κ1) is 8.76. The van der Waals surface area contributed by atoms with Crippen molar-refractivity contribution in [2.24, 2.45) is 5.73 Å². The van der Waals surface area contributed by atoms with E-state index in [1.165, 1.54) is 4.80 Å². The van der Waals surface area contributed by atoms with Crippen molar-refractivity contribution in [3.63, 3.8) is 0 Å². The Balaban J connectivity index is 2.25. The molecule has 0 bridgehead atoms. The van der Waals surface area contributed by atoms with Crippen LogP contribution in [0, 0.1) is 0 Å². The summed E-state index contributed by atoms with van der Waals surface area (Å²) in [7, 11) is 0. The van der Waals surface area contributed by atoms with Gasteiger partial charge in [-0.2, -0.15) is 0 Å². The van der Waals surface area contributed by atoms with Gasteiger partial charge in [-0.1, -0.05) is 6.07 Å². The van der Waals surface area contributed by atoms with Crippen molar-refractivity contribution in [1.29, 1.82) is 0 Å². The molecular formula is C8H10N6. The molecular weight excluding hydrogens is 180 g/mol. The lowest BCUT2D eigenvalue weighted by atomic mass is 10.4. The number of tetrazole rings is 1. The van der Waals surface area contributed by atoms with Gasteiger partial charge in [-0.3, -0.25) is 0 Å². The molecule has 0 fully saturated rings. The lowest BCUT2D eigenvalue weighted by Crippen LogP contribution is -2.05. The third-order valence-electron chi connectivity index (χ3n) is 1.68. The third-order valence-corrected chi connectivity index (χ3v) is 1.68. The van der Waals surface area contributed by atoms with Crippen molar-refractivity contribution >= 4 is 0 Å². The Morgan fingerprint density at radius 3 is 3.00 bits per heavy atom. The highest BCUT2D eigenvalue weighted by Crippen LogP contribution is 1.98. The highest BCUT2D eigenvalue weighted by Gasteiger charge is 2.03. The van der Waals surface area contributed by atoms with Crippen LogP contribution in [0.5, 0.6) is 0 Å². The zero-order valence-electron chi connectivity index (χ0n) is 7.54. The van der Waals surface area contributed by atoms with Crippen LogP contribution in [-0.4, -0.2) is 31.7 Å². The van der Waals surface area contributed by atoms with Crippen LogP contribution >= 0.6 is 0 Å². The number of hydrogen-bond acceptors (Lipinski definition) is 5. The number of rotatable bonds is 3. The van der Waals surface area contributed by atoms with E-state index < -0.39 is 0 Å². The van der Waals surface area contributed by atoms with Gasteiger partial charge in [0, 0.05) is 12.6 Å². The smallest absolute Gasteiger partial charge is 0.176 e. The predicted octanol–water partition coefficient (Wildman–Crippen LogP) is -0.442. The topological polar surface area (TPSA) is 82.5 Å². The Bertz CT molecular complexity index is 395. The fourth-order valence-electron chi connectivity index (χ4n) is 1.04. The Labute approximate surface area is 80.8 Å². The van der Waals surface area contributed by atoms with E-state index in [-0.39, 0.29) is 0 Å². The number of aromatic nitrogens is 5. The third kappa shape index (κ3) is 1.74. The van der Waals surface area contributed by atoms with Crippen LogP contribution < -0.4 is 5.73 Å². The lowest BCUT2D eigenvalue weighted by molar-refractivity contribution is 0.698. The van der Waals surface area contributed by atoms with Crippen molar-refractivity contribution in [3.05, 3.63) is 30.2 Å². The highest BCUT2D eigenvalue weighted by molar-refractivity contribution is 5.16. The van der Waals surface area contributed by atoms with E-state index in [0.29, 0.717) is 24.6 Å². The summed E-state index contributed by atoms with van der Waals surface area (Å²) in [6.45, 7) is 0.522. The van der Waals surface area contributed by atoms with Gasteiger partial charge in [0.2, 0.25) is 0 Å². The van der Waals surface area contributed by atoms with E-state index in [2.05, 4.69) is 20.4 Å². The normalized spacial score (nSPS) is 10.4. The molecule has 0 aromatic carbocycles. The highest BCUT2D eigenvalue weighted by atomic mass is 15.6. The second-order valence-electron chi connectivity index (χ2n) is 2.72. The van der Waals surface area contributed by atoms with Crippen molar-refractivity contribution in [3.8, 4) is 5.82 Å². The molecule has 14 heavy (non-hydrogen) atoms. The summed E-state index contributed by atoms with van der Waals surface area (Å²) in [6.07, 6.45) is 2.31. The van der Waals surface area contributed by atoms with Gasteiger partial charge in [0.15, 0.2) is 11.6 Å². The van der Waals surface area contributed by atoms with Crippen LogP contribution in [0.3, 0.4) is 0 Å². The number of nitrogens with two attached hydrogens (primary N) is 1. The van der Waals surface area contributed by atoms with Gasteiger partial charge in [-0.15, -0.1) is 15.0 Å². The van der Waals surface area contributed by atoms with Crippen molar-refractivity contribution in [2.45, 2.75) is 6.42 Å². The summed E-state index contributed by atoms with van der Waals surface area (Å²) in [5.41, 5.74) is 5.38. The average molecular weight is 190 g/mol. The van der Waals surface area contributed by atoms with Gasteiger partial charge in [0.05, 0.1) is 0 Å². The number of nitrogens with zero attached hydrogens (tertiary/aromatic N) is 5. The summed E-state index contributed by atoms with van der Waals surface area (Å²) < 4.78 is 0. The summed E-state index contributed by atoms with van der Waals surface area (Å²) in [5, 5.41) is 11.8. The summed E-state index contributed by atoms with van der Waals surface area (Å²) in [5.74, 6) is 1.29. The van der Waals surface area contributed by atoms with Crippen LogP contribution in [0.25, 0.3) is 5.82 Å². The zero-order chi connectivity index (χ0) is 9.80. The first-order valence-electron chi connectivity index (χ1n) is 4.30. The molecule has 0 aliphatic heterocycles. The van der Waals surface area contributed by atoms with Crippen molar-refractivity contribution in [2.75, 3.05) is 6.54 Å². The molecule has 72 valence electrons. The van der Waals surface area contributed by atoms with Crippen molar-refractivity contribution < 1.29 is 0 Å². The molecule has 0 atom stereocenters. The molecule has 2 rings (SSSR count). The molecule has 2 aromatic heterocycles. The standard InChI is InChI=1S/C8H10N6/c9-5-4-7-11-13-14(12-7)8-3-1-2-6-10-8/h1-3,6H,4-5,9H2. The molecule has 2 N–H and O–H groups in total. The van der Waals surface area contributed by atoms with E-state index in [1.807, 2.05) is 18.2 Å². The van der Waals surface area contributed by atoms with E-state index in [4.69, 9.17) is 5.73 Å². The maximum atomic E-state index is 5.38. The molecule has 0 unspecified atom stereocenters. The van der Waals surface area contributed by atoms with Crippen LogP contribution in [0.1, 0.15) is 5.82 Å². The Morgan fingerprint density at radius 2 is 2.29 bits per heavy atom. The van der Waals surface area contributed by atoms with E-state index >= 15 is 0 Å². The maximum absolute atomic E-state index is 5.38. The van der Waals surface area contributed by atoms with Gasteiger partial charge < -0.3 is 5.73 Å². The summed E-state index contributed by atoms with van der Waals surface area (Å²) in [4.78, 5) is 5.48. The first-order valence-corrected chi connectivity index (χ1v) is 4.30. The molecule has 0 amide bonds. The minimum Gasteiger partial charge on any atom is -0.330 e. The van der Waals surface area contributed by atoms with E-state index in [1.54, 1.807) is 6.20 Å². The lowest BCUT2D eigenvalue weighted by Gasteiger charge is -1.93. The minimum atomic E-state index is 0.522. The zero-order valence-corrected chi connectivity index (χ0v) is 7.54. The van der Waals surface area contributed by atoms with Crippen LogP contribution in [0.15, 0.2) is 24.4 Å². The van der Waals surface area contributed by atoms with Gasteiger partial charge in [0.25, 0.3) is 0 Å². The van der Waals surface area contributed by atoms with E-state index in [9.17, 15) is 0 Å².